The average Bonchev–Trinajstić information content (AvgIpc) is 3.31. The van der Waals surface area contributed by atoms with Crippen LogP contribution in [0.3, 0.4) is 0 Å². The first-order chi connectivity index (χ1) is 12.0. The van der Waals surface area contributed by atoms with E-state index in [2.05, 4.69) is 0 Å². The number of carboxylic acid groups (broad SMARTS) is 1. The van der Waals surface area contributed by atoms with Crippen LogP contribution in [-0.4, -0.2) is 48.2 Å². The maximum Gasteiger partial charge on any atom is 0.307 e. The van der Waals surface area contributed by atoms with Crippen LogP contribution in [0.25, 0.3) is 0 Å². The number of carbonyl (C=O) groups excluding carboxylic acids is 1. The lowest BCUT2D eigenvalue weighted by Gasteiger charge is -2.32. The van der Waals surface area contributed by atoms with Gasteiger partial charge in [0.2, 0.25) is 0 Å². The molecule has 136 valence electrons. The molecule has 0 bridgehead atoms. The number of aliphatic carboxylic acids is 1. The van der Waals surface area contributed by atoms with Crippen molar-refractivity contribution in [2.75, 3.05) is 26.3 Å². The summed E-state index contributed by atoms with van der Waals surface area (Å²) in [7, 11) is 0. The standard InChI is InChI=1S/C19H25NO5/c1-3-24-15-6-5-13(11-16(15)25-4-2)17(21)20-9-7-19(8-10-20)12-14(19)18(22)23/h5-6,11,14H,3-4,7-10,12H2,1-2H3,(H,22,23). The number of piperidine rings is 1. The molecule has 0 aromatic heterocycles. The molecule has 1 heterocycles. The highest BCUT2D eigenvalue weighted by Gasteiger charge is 2.59. The molecule has 6 nitrogen and oxygen atoms in total. The van der Waals surface area contributed by atoms with Crippen molar-refractivity contribution in [3.8, 4) is 11.5 Å². The Hall–Kier alpha value is -2.24. The number of carboxylic acids is 1. The average molecular weight is 347 g/mol. The molecule has 0 radical (unpaired) electrons. The van der Waals surface area contributed by atoms with E-state index in [9.17, 15) is 9.59 Å². The van der Waals surface area contributed by atoms with E-state index in [1.165, 1.54) is 0 Å². The second-order valence-corrected chi connectivity index (χ2v) is 6.78. The maximum atomic E-state index is 12.8. The molecule has 1 aromatic carbocycles. The van der Waals surface area contributed by atoms with Crippen molar-refractivity contribution in [1.29, 1.82) is 0 Å². The topological polar surface area (TPSA) is 76.1 Å². The number of ether oxygens (including phenoxy) is 2. The molecule has 6 heteroatoms. The first kappa shape index (κ1) is 17.6. The van der Waals surface area contributed by atoms with E-state index in [-0.39, 0.29) is 17.2 Å². The highest BCUT2D eigenvalue weighted by molar-refractivity contribution is 5.95. The van der Waals surface area contributed by atoms with E-state index in [1.807, 2.05) is 18.7 Å². The van der Waals surface area contributed by atoms with E-state index in [0.717, 1.165) is 19.3 Å². The first-order valence-electron chi connectivity index (χ1n) is 8.92. The molecule has 2 aliphatic rings. The lowest BCUT2D eigenvalue weighted by Crippen LogP contribution is -2.40. The molecule has 3 rings (SSSR count). The van der Waals surface area contributed by atoms with Crippen LogP contribution >= 0.6 is 0 Å². The van der Waals surface area contributed by atoms with Crippen LogP contribution in [0.2, 0.25) is 0 Å². The SMILES string of the molecule is CCOc1ccc(C(=O)N2CCC3(CC2)CC3C(=O)O)cc1OCC. The van der Waals surface area contributed by atoms with Crippen molar-refractivity contribution in [1.82, 2.24) is 4.90 Å². The fourth-order valence-electron chi connectivity index (χ4n) is 3.77. The number of nitrogens with zero attached hydrogens (tertiary/aromatic N) is 1. The quantitative estimate of drug-likeness (QED) is 0.856. The number of hydrogen-bond acceptors (Lipinski definition) is 4. The fourth-order valence-corrected chi connectivity index (χ4v) is 3.77. The monoisotopic (exact) mass is 347 g/mol. The molecule has 1 aliphatic carbocycles. The van der Waals surface area contributed by atoms with Gasteiger partial charge in [0.1, 0.15) is 0 Å². The summed E-state index contributed by atoms with van der Waals surface area (Å²) in [6.07, 6.45) is 2.29. The normalized spacial score (nSPS) is 21.0. The molecule has 1 spiro atoms. The summed E-state index contributed by atoms with van der Waals surface area (Å²) in [5.74, 6) is 0.261. The zero-order chi connectivity index (χ0) is 18.0. The molecule has 1 amide bonds. The van der Waals surface area contributed by atoms with Crippen molar-refractivity contribution >= 4 is 11.9 Å². The molecule has 25 heavy (non-hydrogen) atoms. The zero-order valence-corrected chi connectivity index (χ0v) is 14.8. The molecule has 1 saturated carbocycles. The second-order valence-electron chi connectivity index (χ2n) is 6.78. The van der Waals surface area contributed by atoms with Gasteiger partial charge < -0.3 is 19.5 Å². The summed E-state index contributed by atoms with van der Waals surface area (Å²) in [6.45, 7) is 6.05. The smallest absolute Gasteiger partial charge is 0.307 e. The molecule has 2 fully saturated rings. The Kier molecular flexibility index (Phi) is 4.88. The third kappa shape index (κ3) is 3.43. The summed E-state index contributed by atoms with van der Waals surface area (Å²) in [6, 6.07) is 5.27. The molecular weight excluding hydrogens is 322 g/mol. The molecule has 1 N–H and O–H groups in total. The Morgan fingerprint density at radius 3 is 2.36 bits per heavy atom. The molecule has 1 aliphatic heterocycles. The van der Waals surface area contributed by atoms with Gasteiger partial charge in [0.25, 0.3) is 5.91 Å². The first-order valence-corrected chi connectivity index (χ1v) is 8.92. The fraction of sp³-hybridized carbons (Fsp3) is 0.579. The third-order valence-electron chi connectivity index (χ3n) is 5.32. The van der Waals surface area contributed by atoms with E-state index >= 15 is 0 Å². The Balaban J connectivity index is 1.67. The summed E-state index contributed by atoms with van der Waals surface area (Å²) in [5.41, 5.74) is 0.506. The summed E-state index contributed by atoms with van der Waals surface area (Å²) in [5, 5.41) is 9.17. The minimum atomic E-state index is -0.701. The number of amides is 1. The molecule has 1 aromatic rings. The molecule has 1 unspecified atom stereocenters. The van der Waals surface area contributed by atoms with Crippen molar-refractivity contribution in [3.05, 3.63) is 23.8 Å². The van der Waals surface area contributed by atoms with E-state index in [0.29, 0.717) is 43.4 Å². The lowest BCUT2D eigenvalue weighted by molar-refractivity contribution is -0.139. The van der Waals surface area contributed by atoms with Crippen molar-refractivity contribution in [3.63, 3.8) is 0 Å². The van der Waals surface area contributed by atoms with Gasteiger partial charge in [-0.2, -0.15) is 0 Å². The van der Waals surface area contributed by atoms with Crippen molar-refractivity contribution < 1.29 is 24.2 Å². The molecular formula is C19H25NO5. The number of benzene rings is 1. The number of rotatable bonds is 6. The molecule has 1 saturated heterocycles. The van der Waals surface area contributed by atoms with E-state index in [1.54, 1.807) is 18.2 Å². The number of likely N-dealkylation sites (tertiary alicyclic amines) is 1. The summed E-state index contributed by atoms with van der Waals surface area (Å²) in [4.78, 5) is 25.7. The van der Waals surface area contributed by atoms with Gasteiger partial charge in [-0.25, -0.2) is 0 Å². The minimum Gasteiger partial charge on any atom is -0.490 e. The summed E-state index contributed by atoms with van der Waals surface area (Å²) >= 11 is 0. The van der Waals surface area contributed by atoms with Crippen LogP contribution in [0.1, 0.15) is 43.5 Å². The van der Waals surface area contributed by atoms with Gasteiger partial charge >= 0.3 is 5.97 Å². The Morgan fingerprint density at radius 2 is 1.80 bits per heavy atom. The zero-order valence-electron chi connectivity index (χ0n) is 14.8. The van der Waals surface area contributed by atoms with Gasteiger partial charge in [-0.05, 0) is 56.7 Å². The van der Waals surface area contributed by atoms with Gasteiger partial charge in [-0.15, -0.1) is 0 Å². The van der Waals surface area contributed by atoms with E-state index in [4.69, 9.17) is 14.6 Å². The predicted octanol–water partition coefficient (Wildman–Crippen LogP) is 2.81. The highest BCUT2D eigenvalue weighted by atomic mass is 16.5. The number of hydrogen-bond donors (Lipinski definition) is 1. The predicted molar refractivity (Wildman–Crippen MR) is 92.1 cm³/mol. The van der Waals surface area contributed by atoms with Gasteiger partial charge in [0, 0.05) is 18.7 Å². The highest BCUT2D eigenvalue weighted by Crippen LogP contribution is 2.59. The van der Waals surface area contributed by atoms with Crippen LogP contribution in [0, 0.1) is 11.3 Å². The van der Waals surface area contributed by atoms with Crippen LogP contribution in [0.5, 0.6) is 11.5 Å². The van der Waals surface area contributed by atoms with Gasteiger partial charge in [-0.1, -0.05) is 0 Å². The van der Waals surface area contributed by atoms with Gasteiger partial charge in [-0.3, -0.25) is 9.59 Å². The molecule has 1 atom stereocenters. The van der Waals surface area contributed by atoms with Crippen LogP contribution < -0.4 is 9.47 Å². The van der Waals surface area contributed by atoms with Gasteiger partial charge in [0.05, 0.1) is 19.1 Å². The minimum absolute atomic E-state index is 0.0358. The Labute approximate surface area is 147 Å². The van der Waals surface area contributed by atoms with E-state index < -0.39 is 5.97 Å². The van der Waals surface area contributed by atoms with Crippen molar-refractivity contribution in [2.45, 2.75) is 33.1 Å². The Bertz CT molecular complexity index is 664. The van der Waals surface area contributed by atoms with Gasteiger partial charge in [0.15, 0.2) is 11.5 Å². The van der Waals surface area contributed by atoms with Crippen LogP contribution in [0.15, 0.2) is 18.2 Å². The van der Waals surface area contributed by atoms with Crippen LogP contribution in [0.4, 0.5) is 0 Å². The Morgan fingerprint density at radius 1 is 1.16 bits per heavy atom. The maximum absolute atomic E-state index is 12.8. The van der Waals surface area contributed by atoms with Crippen LogP contribution in [-0.2, 0) is 4.79 Å². The largest absolute Gasteiger partial charge is 0.490 e. The van der Waals surface area contributed by atoms with Crippen molar-refractivity contribution in [2.24, 2.45) is 11.3 Å². The third-order valence-corrected chi connectivity index (χ3v) is 5.32. The second kappa shape index (κ2) is 6.94. The summed E-state index contributed by atoms with van der Waals surface area (Å²) < 4.78 is 11.1. The lowest BCUT2D eigenvalue weighted by atomic mass is 9.90. The number of carbonyl (C=O) groups is 2.